The van der Waals surface area contributed by atoms with Gasteiger partial charge in [-0.25, -0.2) is 0 Å². The number of carbonyl (C=O) groups excluding carboxylic acids is 1. The summed E-state index contributed by atoms with van der Waals surface area (Å²) in [6, 6.07) is 0. The van der Waals surface area contributed by atoms with Gasteiger partial charge in [-0.2, -0.15) is 0 Å². The van der Waals surface area contributed by atoms with Gasteiger partial charge in [-0.1, -0.05) is 84.0 Å². The highest BCUT2D eigenvalue weighted by molar-refractivity contribution is 5.69. The molecule has 1 atom stereocenters. The molecule has 0 fully saturated rings. The van der Waals surface area contributed by atoms with Gasteiger partial charge in [0.05, 0.1) is 12.7 Å². The van der Waals surface area contributed by atoms with Crippen LogP contribution in [0.3, 0.4) is 0 Å². The lowest BCUT2D eigenvalue weighted by molar-refractivity contribution is -0.143. The van der Waals surface area contributed by atoms with Crippen LogP contribution >= 0.6 is 0 Å². The average Bonchev–Trinajstić information content (AvgIpc) is 2.69. The quantitative estimate of drug-likeness (QED) is 0.165. The maximum atomic E-state index is 11.6. The molecule has 0 aliphatic heterocycles. The number of hydrogen-bond acceptors (Lipinski definition) is 4. The van der Waals surface area contributed by atoms with Crippen molar-refractivity contribution in [2.45, 2.75) is 135 Å². The summed E-state index contributed by atoms with van der Waals surface area (Å²) in [6.07, 6.45) is 20.6. The van der Waals surface area contributed by atoms with Crippen LogP contribution in [0.15, 0.2) is 0 Å². The molecule has 0 rings (SSSR count). The number of esters is 1. The lowest BCUT2D eigenvalue weighted by Crippen LogP contribution is -2.06. The molecular formula is C24H48O4. The normalized spacial score (nSPS) is 12.2. The van der Waals surface area contributed by atoms with E-state index in [1.54, 1.807) is 0 Å². The number of rotatable bonds is 22. The fourth-order valence-corrected chi connectivity index (χ4v) is 3.49. The van der Waals surface area contributed by atoms with Crippen LogP contribution in [0, 0.1) is 0 Å². The molecule has 0 amide bonds. The molecule has 2 N–H and O–H groups in total. The highest BCUT2D eigenvalue weighted by atomic mass is 16.5. The van der Waals surface area contributed by atoms with Gasteiger partial charge in [0.25, 0.3) is 0 Å². The van der Waals surface area contributed by atoms with Crippen LogP contribution in [0.25, 0.3) is 0 Å². The number of ether oxygens (including phenoxy) is 1. The number of hydrogen-bond donors (Lipinski definition) is 2. The summed E-state index contributed by atoms with van der Waals surface area (Å²) in [5, 5.41) is 18.6. The molecule has 0 aromatic rings. The second-order valence-corrected chi connectivity index (χ2v) is 8.23. The van der Waals surface area contributed by atoms with Crippen molar-refractivity contribution in [3.8, 4) is 0 Å². The van der Waals surface area contributed by atoms with Gasteiger partial charge in [-0.05, 0) is 38.5 Å². The zero-order chi connectivity index (χ0) is 20.7. The third-order valence-corrected chi connectivity index (χ3v) is 5.37. The van der Waals surface area contributed by atoms with E-state index in [-0.39, 0.29) is 18.7 Å². The minimum Gasteiger partial charge on any atom is -0.466 e. The van der Waals surface area contributed by atoms with Gasteiger partial charge in [0, 0.05) is 13.0 Å². The molecule has 168 valence electrons. The van der Waals surface area contributed by atoms with E-state index < -0.39 is 0 Å². The predicted octanol–water partition coefficient (Wildman–Crippen LogP) is 6.31. The molecule has 0 saturated carbocycles. The van der Waals surface area contributed by atoms with Crippen LogP contribution < -0.4 is 0 Å². The summed E-state index contributed by atoms with van der Waals surface area (Å²) >= 11 is 0. The molecule has 4 nitrogen and oxygen atoms in total. The van der Waals surface area contributed by atoms with Crippen molar-refractivity contribution in [2.75, 3.05) is 13.2 Å². The maximum absolute atomic E-state index is 11.6. The standard InChI is InChI=1S/C24H48O4/c1-2-3-4-13-18-23(26)19-14-9-7-5-6-8-10-15-20-24(27)28-22-17-12-11-16-21-25/h23,25-26H,2-22H2,1H3. The highest BCUT2D eigenvalue weighted by Gasteiger charge is 2.04. The van der Waals surface area contributed by atoms with Crippen molar-refractivity contribution in [3.05, 3.63) is 0 Å². The third kappa shape index (κ3) is 21.7. The average molecular weight is 401 g/mol. The lowest BCUT2D eigenvalue weighted by atomic mass is 10.0. The topological polar surface area (TPSA) is 66.8 Å². The Morgan fingerprint density at radius 3 is 1.82 bits per heavy atom. The van der Waals surface area contributed by atoms with Crippen molar-refractivity contribution in [1.29, 1.82) is 0 Å². The first-order valence-corrected chi connectivity index (χ1v) is 12.1. The van der Waals surface area contributed by atoms with Crippen molar-refractivity contribution in [1.82, 2.24) is 0 Å². The van der Waals surface area contributed by atoms with E-state index >= 15 is 0 Å². The van der Waals surface area contributed by atoms with Crippen LogP contribution in [0.2, 0.25) is 0 Å². The van der Waals surface area contributed by atoms with Crippen LogP contribution in [-0.4, -0.2) is 35.5 Å². The van der Waals surface area contributed by atoms with Crippen LogP contribution in [0.5, 0.6) is 0 Å². The second kappa shape index (κ2) is 22.7. The number of aliphatic hydroxyl groups excluding tert-OH is 2. The zero-order valence-electron chi connectivity index (χ0n) is 18.6. The van der Waals surface area contributed by atoms with Crippen molar-refractivity contribution in [2.24, 2.45) is 0 Å². The molecule has 0 radical (unpaired) electrons. The van der Waals surface area contributed by atoms with Crippen LogP contribution in [0.4, 0.5) is 0 Å². The maximum Gasteiger partial charge on any atom is 0.305 e. The molecular weight excluding hydrogens is 352 g/mol. The summed E-state index contributed by atoms with van der Waals surface area (Å²) in [5.41, 5.74) is 0. The largest absolute Gasteiger partial charge is 0.466 e. The van der Waals surface area contributed by atoms with E-state index in [1.807, 2.05) is 0 Å². The number of carbonyl (C=O) groups is 1. The molecule has 28 heavy (non-hydrogen) atoms. The highest BCUT2D eigenvalue weighted by Crippen LogP contribution is 2.14. The molecule has 0 aliphatic carbocycles. The van der Waals surface area contributed by atoms with Gasteiger partial charge < -0.3 is 14.9 Å². The summed E-state index contributed by atoms with van der Waals surface area (Å²) in [4.78, 5) is 11.6. The van der Waals surface area contributed by atoms with Crippen LogP contribution in [0.1, 0.15) is 129 Å². The Bertz CT molecular complexity index is 320. The molecule has 4 heteroatoms. The Morgan fingerprint density at radius 2 is 1.21 bits per heavy atom. The van der Waals surface area contributed by atoms with Gasteiger partial charge in [-0.3, -0.25) is 4.79 Å². The van der Waals surface area contributed by atoms with E-state index in [0.29, 0.717) is 13.0 Å². The summed E-state index contributed by atoms with van der Waals surface area (Å²) < 4.78 is 5.23. The Balaban J connectivity index is 3.21. The molecule has 0 heterocycles. The summed E-state index contributed by atoms with van der Waals surface area (Å²) in [7, 11) is 0. The molecule has 0 aromatic carbocycles. The van der Waals surface area contributed by atoms with E-state index in [9.17, 15) is 9.90 Å². The fraction of sp³-hybridized carbons (Fsp3) is 0.958. The fourth-order valence-electron chi connectivity index (χ4n) is 3.49. The monoisotopic (exact) mass is 400 g/mol. The van der Waals surface area contributed by atoms with Crippen molar-refractivity contribution >= 4 is 5.97 Å². The molecule has 0 aromatic heterocycles. The Labute approximate surface area is 174 Å². The molecule has 0 saturated heterocycles. The van der Waals surface area contributed by atoms with Crippen molar-refractivity contribution < 1.29 is 19.7 Å². The van der Waals surface area contributed by atoms with Crippen molar-refractivity contribution in [3.63, 3.8) is 0 Å². The van der Waals surface area contributed by atoms with E-state index in [4.69, 9.17) is 9.84 Å². The summed E-state index contributed by atoms with van der Waals surface area (Å²) in [5.74, 6) is -0.0598. The first-order valence-electron chi connectivity index (χ1n) is 12.1. The Hall–Kier alpha value is -0.610. The summed E-state index contributed by atoms with van der Waals surface area (Å²) in [6.45, 7) is 3.00. The Kier molecular flexibility index (Phi) is 22.2. The van der Waals surface area contributed by atoms with Gasteiger partial charge in [0.2, 0.25) is 0 Å². The van der Waals surface area contributed by atoms with Crippen LogP contribution in [-0.2, 0) is 9.53 Å². The van der Waals surface area contributed by atoms with Gasteiger partial charge in [0.1, 0.15) is 0 Å². The second-order valence-electron chi connectivity index (χ2n) is 8.23. The first-order chi connectivity index (χ1) is 13.7. The zero-order valence-corrected chi connectivity index (χ0v) is 18.6. The minimum absolute atomic E-state index is 0.0598. The molecule has 1 unspecified atom stereocenters. The third-order valence-electron chi connectivity index (χ3n) is 5.37. The SMILES string of the molecule is CCCCCCC(O)CCCCCCCCCCC(=O)OCCCCCCO. The molecule has 0 bridgehead atoms. The minimum atomic E-state index is -0.0860. The van der Waals surface area contributed by atoms with Gasteiger partial charge in [0.15, 0.2) is 0 Å². The Morgan fingerprint density at radius 1 is 0.714 bits per heavy atom. The number of aliphatic hydroxyl groups is 2. The van der Waals surface area contributed by atoms with Gasteiger partial charge >= 0.3 is 5.97 Å². The predicted molar refractivity (Wildman–Crippen MR) is 117 cm³/mol. The molecule has 0 aliphatic rings. The molecule has 0 spiro atoms. The van der Waals surface area contributed by atoms with E-state index in [0.717, 1.165) is 57.8 Å². The van der Waals surface area contributed by atoms with Gasteiger partial charge in [-0.15, -0.1) is 0 Å². The lowest BCUT2D eigenvalue weighted by Gasteiger charge is -2.10. The van der Waals surface area contributed by atoms with E-state index in [2.05, 4.69) is 6.92 Å². The smallest absolute Gasteiger partial charge is 0.305 e. The first kappa shape index (κ1) is 27.4. The number of unbranched alkanes of at least 4 members (excludes halogenated alkanes) is 13. The van der Waals surface area contributed by atoms with E-state index in [1.165, 1.54) is 57.8 Å².